The predicted molar refractivity (Wildman–Crippen MR) is 95.4 cm³/mol. The van der Waals surface area contributed by atoms with E-state index in [1.165, 1.54) is 19.2 Å². The van der Waals surface area contributed by atoms with Crippen LogP contribution in [0.4, 0.5) is 14.5 Å². The zero-order chi connectivity index (χ0) is 20.3. The summed E-state index contributed by atoms with van der Waals surface area (Å²) in [6, 6.07) is 3.81. The average Bonchev–Trinajstić information content (AvgIpc) is 3.30. The molecule has 3 rings (SSSR count). The summed E-state index contributed by atoms with van der Waals surface area (Å²) < 4.78 is 36.2. The number of esters is 1. The van der Waals surface area contributed by atoms with Crippen LogP contribution in [-0.2, 0) is 16.6 Å². The highest BCUT2D eigenvalue weighted by Crippen LogP contribution is 2.32. The van der Waals surface area contributed by atoms with Crippen molar-refractivity contribution in [2.24, 2.45) is 13.0 Å². The fraction of sp³-hybridized carbons (Fsp3) is 0.389. The maximum Gasteiger partial charge on any atom is 0.387 e. The third-order valence-corrected chi connectivity index (χ3v) is 4.58. The number of halogens is 2. The highest BCUT2D eigenvalue weighted by Gasteiger charge is 2.35. The van der Waals surface area contributed by atoms with Gasteiger partial charge in [0.25, 0.3) is 0 Å². The van der Waals surface area contributed by atoms with Crippen LogP contribution in [0.15, 0.2) is 30.6 Å². The van der Waals surface area contributed by atoms with E-state index in [0.29, 0.717) is 13.1 Å². The van der Waals surface area contributed by atoms with Crippen LogP contribution >= 0.6 is 0 Å². The van der Waals surface area contributed by atoms with Crippen molar-refractivity contribution in [3.05, 3.63) is 41.7 Å². The van der Waals surface area contributed by atoms with Crippen LogP contribution in [0.3, 0.4) is 0 Å². The molecular formula is C18H20F2N4O4. The SMILES string of the molecule is COC(=O)c1ccc(NC(=O)[C@H]2CNC[C@@H]2c2cnn(C)c2)c(OC(F)F)c1. The van der Waals surface area contributed by atoms with Crippen LogP contribution in [0.25, 0.3) is 0 Å². The first-order chi connectivity index (χ1) is 13.4. The number of nitrogens with zero attached hydrogens (tertiary/aromatic N) is 2. The molecule has 150 valence electrons. The van der Waals surface area contributed by atoms with Crippen LogP contribution < -0.4 is 15.4 Å². The molecule has 2 heterocycles. The summed E-state index contributed by atoms with van der Waals surface area (Å²) in [7, 11) is 2.97. The van der Waals surface area contributed by atoms with E-state index in [1.807, 2.05) is 6.20 Å². The van der Waals surface area contributed by atoms with Gasteiger partial charge in [0.15, 0.2) is 0 Å². The van der Waals surface area contributed by atoms with Gasteiger partial charge in [-0.2, -0.15) is 13.9 Å². The lowest BCUT2D eigenvalue weighted by Gasteiger charge is -2.19. The molecule has 1 aliphatic heterocycles. The molecule has 0 spiro atoms. The summed E-state index contributed by atoms with van der Waals surface area (Å²) in [4.78, 5) is 24.4. The third-order valence-electron chi connectivity index (χ3n) is 4.58. The molecule has 1 aromatic heterocycles. The van der Waals surface area contributed by atoms with E-state index in [4.69, 9.17) is 0 Å². The van der Waals surface area contributed by atoms with E-state index in [2.05, 4.69) is 25.2 Å². The third kappa shape index (κ3) is 4.28. The van der Waals surface area contributed by atoms with E-state index in [-0.39, 0.29) is 28.8 Å². The molecular weight excluding hydrogens is 374 g/mol. The van der Waals surface area contributed by atoms with Crippen molar-refractivity contribution in [1.82, 2.24) is 15.1 Å². The molecule has 8 nitrogen and oxygen atoms in total. The lowest BCUT2D eigenvalue weighted by Crippen LogP contribution is -2.28. The first-order valence-corrected chi connectivity index (χ1v) is 8.56. The number of hydrogen-bond acceptors (Lipinski definition) is 6. The zero-order valence-corrected chi connectivity index (χ0v) is 15.3. The minimum atomic E-state index is -3.11. The molecule has 1 fully saturated rings. The number of nitrogens with one attached hydrogen (secondary N) is 2. The number of benzene rings is 1. The number of hydrogen-bond donors (Lipinski definition) is 2. The quantitative estimate of drug-likeness (QED) is 0.725. The molecule has 0 bridgehead atoms. The minimum Gasteiger partial charge on any atom is -0.465 e. The van der Waals surface area contributed by atoms with Crippen molar-refractivity contribution in [3.8, 4) is 5.75 Å². The second-order valence-electron chi connectivity index (χ2n) is 6.39. The van der Waals surface area contributed by atoms with Crippen LogP contribution in [0.5, 0.6) is 5.75 Å². The predicted octanol–water partition coefficient (Wildman–Crippen LogP) is 1.75. The van der Waals surface area contributed by atoms with Gasteiger partial charge in [-0.1, -0.05) is 0 Å². The van der Waals surface area contributed by atoms with Crippen molar-refractivity contribution < 1.29 is 27.8 Å². The number of carbonyl (C=O) groups is 2. The van der Waals surface area contributed by atoms with Gasteiger partial charge in [0.05, 0.1) is 30.5 Å². The number of amides is 1. The second-order valence-corrected chi connectivity index (χ2v) is 6.39. The van der Waals surface area contributed by atoms with Gasteiger partial charge in [0, 0.05) is 32.3 Å². The van der Waals surface area contributed by atoms with Crippen molar-refractivity contribution in [1.29, 1.82) is 0 Å². The van der Waals surface area contributed by atoms with Crippen molar-refractivity contribution in [2.45, 2.75) is 12.5 Å². The lowest BCUT2D eigenvalue weighted by molar-refractivity contribution is -0.119. The summed E-state index contributed by atoms with van der Waals surface area (Å²) >= 11 is 0. The second kappa shape index (κ2) is 8.34. The first kappa shape index (κ1) is 19.7. The van der Waals surface area contributed by atoms with E-state index in [9.17, 15) is 18.4 Å². The molecule has 1 saturated heterocycles. The first-order valence-electron chi connectivity index (χ1n) is 8.56. The highest BCUT2D eigenvalue weighted by atomic mass is 19.3. The van der Waals surface area contributed by atoms with Gasteiger partial charge in [-0.25, -0.2) is 4.79 Å². The topological polar surface area (TPSA) is 94.5 Å². The number of rotatable bonds is 6. The van der Waals surface area contributed by atoms with E-state index in [0.717, 1.165) is 11.6 Å². The molecule has 0 radical (unpaired) electrons. The number of aryl methyl sites for hydroxylation is 1. The molecule has 1 aliphatic rings. The summed E-state index contributed by atoms with van der Waals surface area (Å²) in [5, 5.41) is 9.93. The van der Waals surface area contributed by atoms with Crippen LogP contribution in [-0.4, -0.2) is 48.5 Å². The van der Waals surface area contributed by atoms with E-state index < -0.39 is 18.5 Å². The fourth-order valence-electron chi connectivity index (χ4n) is 3.23. The lowest BCUT2D eigenvalue weighted by atomic mass is 9.90. The summed E-state index contributed by atoms with van der Waals surface area (Å²) in [5.74, 6) is -1.86. The van der Waals surface area contributed by atoms with Gasteiger partial charge in [-0.15, -0.1) is 0 Å². The van der Waals surface area contributed by atoms with Crippen LogP contribution in [0, 0.1) is 5.92 Å². The van der Waals surface area contributed by atoms with Gasteiger partial charge >= 0.3 is 12.6 Å². The van der Waals surface area contributed by atoms with Gasteiger partial charge in [0.1, 0.15) is 5.75 Å². The van der Waals surface area contributed by atoms with Crippen LogP contribution in [0.2, 0.25) is 0 Å². The monoisotopic (exact) mass is 394 g/mol. The molecule has 28 heavy (non-hydrogen) atoms. The maximum absolute atomic E-state index is 12.8. The van der Waals surface area contributed by atoms with Crippen molar-refractivity contribution in [2.75, 3.05) is 25.5 Å². The molecule has 2 aromatic rings. The van der Waals surface area contributed by atoms with Gasteiger partial charge < -0.3 is 20.1 Å². The smallest absolute Gasteiger partial charge is 0.387 e. The maximum atomic E-state index is 12.8. The number of ether oxygens (including phenoxy) is 2. The van der Waals surface area contributed by atoms with Crippen LogP contribution in [0.1, 0.15) is 21.8 Å². The molecule has 10 heteroatoms. The summed E-state index contributed by atoms with van der Waals surface area (Å²) in [5.41, 5.74) is 0.999. The Balaban J connectivity index is 1.81. The largest absolute Gasteiger partial charge is 0.465 e. The summed E-state index contributed by atoms with van der Waals surface area (Å²) in [6.45, 7) is -2.07. The number of aromatic nitrogens is 2. The van der Waals surface area contributed by atoms with Crippen molar-refractivity contribution >= 4 is 17.6 Å². The Hall–Kier alpha value is -3.01. The molecule has 1 aromatic carbocycles. The Morgan fingerprint density at radius 2 is 2.14 bits per heavy atom. The van der Waals surface area contributed by atoms with E-state index in [1.54, 1.807) is 17.9 Å². The number of carbonyl (C=O) groups excluding carboxylic acids is 2. The highest BCUT2D eigenvalue weighted by molar-refractivity contribution is 5.96. The van der Waals surface area contributed by atoms with Gasteiger partial charge in [0.2, 0.25) is 5.91 Å². The van der Waals surface area contributed by atoms with Gasteiger partial charge in [-0.3, -0.25) is 9.48 Å². The Morgan fingerprint density at radius 3 is 2.79 bits per heavy atom. The standard InChI is InChI=1S/C18H20F2N4O4/c1-24-9-11(6-22-24)12-7-21-8-13(12)16(25)23-14-4-3-10(17(26)27-2)5-15(14)28-18(19)20/h3-6,9,12-13,18,21H,7-8H2,1-2H3,(H,23,25)/t12-,13+/m1/s1. The molecule has 0 aliphatic carbocycles. The van der Waals surface area contributed by atoms with E-state index >= 15 is 0 Å². The Morgan fingerprint density at radius 1 is 1.36 bits per heavy atom. The van der Waals surface area contributed by atoms with Crippen molar-refractivity contribution in [3.63, 3.8) is 0 Å². The zero-order valence-electron chi connectivity index (χ0n) is 15.3. The molecule has 1 amide bonds. The molecule has 2 atom stereocenters. The molecule has 2 N–H and O–H groups in total. The Kier molecular flexibility index (Phi) is 5.88. The average molecular weight is 394 g/mol. The fourth-order valence-corrected chi connectivity index (χ4v) is 3.23. The number of methoxy groups -OCH3 is 1. The van der Waals surface area contributed by atoms with Gasteiger partial charge in [-0.05, 0) is 23.8 Å². The normalized spacial score (nSPS) is 18.9. The Labute approximate surface area is 159 Å². The Bertz CT molecular complexity index is 871. The minimum absolute atomic E-state index is 0.0342. The molecule has 0 unspecified atom stereocenters. The molecule has 0 saturated carbocycles. The summed E-state index contributed by atoms with van der Waals surface area (Å²) in [6.07, 6.45) is 3.54. The number of anilines is 1. The number of alkyl halides is 2.